The molecule has 0 aliphatic heterocycles. The molecule has 19 heavy (non-hydrogen) atoms. The van der Waals surface area contributed by atoms with Gasteiger partial charge in [0.25, 0.3) is 5.69 Å². The minimum absolute atomic E-state index is 0.133. The Hall–Kier alpha value is -2.27. The van der Waals surface area contributed by atoms with Gasteiger partial charge in [-0.3, -0.25) is 15.1 Å². The molecule has 0 radical (unpaired) electrons. The van der Waals surface area contributed by atoms with Gasteiger partial charge in [-0.25, -0.2) is 0 Å². The SMILES string of the molecule is O=[N+]([O-])c1ccc(CCNCc2ccncc2)cc1. The van der Waals surface area contributed by atoms with Crippen LogP contribution in [-0.4, -0.2) is 16.5 Å². The van der Waals surface area contributed by atoms with E-state index >= 15 is 0 Å². The number of nitro groups is 1. The molecule has 0 aliphatic carbocycles. The van der Waals surface area contributed by atoms with Crippen LogP contribution in [0.3, 0.4) is 0 Å². The van der Waals surface area contributed by atoms with Gasteiger partial charge in [-0.2, -0.15) is 0 Å². The van der Waals surface area contributed by atoms with E-state index in [4.69, 9.17) is 0 Å². The van der Waals surface area contributed by atoms with E-state index in [1.165, 1.54) is 17.7 Å². The summed E-state index contributed by atoms with van der Waals surface area (Å²) in [7, 11) is 0. The molecule has 0 saturated carbocycles. The highest BCUT2D eigenvalue weighted by Crippen LogP contribution is 2.11. The Labute approximate surface area is 111 Å². The molecule has 0 unspecified atom stereocenters. The fourth-order valence-electron chi connectivity index (χ4n) is 1.75. The van der Waals surface area contributed by atoms with Gasteiger partial charge in [-0.05, 0) is 36.2 Å². The minimum atomic E-state index is -0.383. The van der Waals surface area contributed by atoms with Crippen molar-refractivity contribution in [1.82, 2.24) is 10.3 Å². The van der Waals surface area contributed by atoms with E-state index in [1.54, 1.807) is 24.5 Å². The molecular weight excluding hydrogens is 242 g/mol. The van der Waals surface area contributed by atoms with Gasteiger partial charge in [0.1, 0.15) is 0 Å². The number of non-ortho nitro benzene ring substituents is 1. The van der Waals surface area contributed by atoms with Crippen LogP contribution < -0.4 is 5.32 Å². The predicted octanol–water partition coefficient (Wildman–Crippen LogP) is 2.32. The highest BCUT2D eigenvalue weighted by atomic mass is 16.6. The van der Waals surface area contributed by atoms with Gasteiger partial charge in [-0.1, -0.05) is 12.1 Å². The third-order valence-electron chi connectivity index (χ3n) is 2.82. The van der Waals surface area contributed by atoms with Gasteiger partial charge in [0.15, 0.2) is 0 Å². The molecule has 0 fully saturated rings. The summed E-state index contributed by atoms with van der Waals surface area (Å²) in [6, 6.07) is 10.6. The zero-order valence-electron chi connectivity index (χ0n) is 10.5. The molecule has 2 rings (SSSR count). The zero-order valence-corrected chi connectivity index (χ0v) is 10.5. The normalized spacial score (nSPS) is 10.3. The number of benzene rings is 1. The average Bonchev–Trinajstić information content (AvgIpc) is 2.45. The second kappa shape index (κ2) is 6.61. The Kier molecular flexibility index (Phi) is 4.58. The summed E-state index contributed by atoms with van der Waals surface area (Å²) in [5, 5.41) is 13.8. The lowest BCUT2D eigenvalue weighted by Crippen LogP contribution is -2.16. The lowest BCUT2D eigenvalue weighted by atomic mass is 10.1. The second-order valence-corrected chi connectivity index (χ2v) is 4.21. The minimum Gasteiger partial charge on any atom is -0.312 e. The van der Waals surface area contributed by atoms with Crippen LogP contribution in [0.15, 0.2) is 48.8 Å². The van der Waals surface area contributed by atoms with Crippen molar-refractivity contribution < 1.29 is 4.92 Å². The third kappa shape index (κ3) is 4.15. The van der Waals surface area contributed by atoms with Crippen molar-refractivity contribution in [3.05, 3.63) is 70.0 Å². The molecule has 0 atom stereocenters. The molecule has 1 heterocycles. The summed E-state index contributed by atoms with van der Waals surface area (Å²) in [6.07, 6.45) is 4.39. The summed E-state index contributed by atoms with van der Waals surface area (Å²) in [5.74, 6) is 0. The lowest BCUT2D eigenvalue weighted by Gasteiger charge is -2.04. The van der Waals surface area contributed by atoms with Gasteiger partial charge in [-0.15, -0.1) is 0 Å². The molecule has 2 aromatic rings. The van der Waals surface area contributed by atoms with Crippen molar-refractivity contribution in [3.63, 3.8) is 0 Å². The van der Waals surface area contributed by atoms with E-state index in [1.807, 2.05) is 12.1 Å². The monoisotopic (exact) mass is 257 g/mol. The highest BCUT2D eigenvalue weighted by molar-refractivity contribution is 5.32. The zero-order chi connectivity index (χ0) is 13.5. The molecule has 1 N–H and O–H groups in total. The molecule has 0 bridgehead atoms. The molecule has 1 aromatic heterocycles. The first-order valence-corrected chi connectivity index (χ1v) is 6.08. The summed E-state index contributed by atoms with van der Waals surface area (Å²) >= 11 is 0. The quantitative estimate of drug-likeness (QED) is 0.490. The Morgan fingerprint density at radius 1 is 1.05 bits per heavy atom. The number of nitrogens with one attached hydrogen (secondary N) is 1. The fraction of sp³-hybridized carbons (Fsp3) is 0.214. The molecule has 5 nitrogen and oxygen atoms in total. The summed E-state index contributed by atoms with van der Waals surface area (Å²) in [5.41, 5.74) is 2.42. The first kappa shape index (κ1) is 13.2. The number of aromatic nitrogens is 1. The van der Waals surface area contributed by atoms with E-state index in [9.17, 15) is 10.1 Å². The van der Waals surface area contributed by atoms with E-state index in [-0.39, 0.29) is 10.6 Å². The number of hydrogen-bond donors (Lipinski definition) is 1. The molecule has 1 aromatic carbocycles. The number of pyridine rings is 1. The van der Waals surface area contributed by atoms with Crippen molar-refractivity contribution in [2.24, 2.45) is 0 Å². The van der Waals surface area contributed by atoms with Gasteiger partial charge >= 0.3 is 0 Å². The Morgan fingerprint density at radius 3 is 2.37 bits per heavy atom. The van der Waals surface area contributed by atoms with Gasteiger partial charge in [0, 0.05) is 31.1 Å². The number of hydrogen-bond acceptors (Lipinski definition) is 4. The Bertz CT molecular complexity index is 526. The standard InChI is InChI=1S/C14H15N3O2/c18-17(19)14-3-1-12(2-4-14)5-10-16-11-13-6-8-15-9-7-13/h1-4,6-9,16H,5,10-11H2. The van der Waals surface area contributed by atoms with E-state index in [0.717, 1.165) is 25.1 Å². The molecule has 0 amide bonds. The summed E-state index contributed by atoms with van der Waals surface area (Å²) in [6.45, 7) is 1.63. The number of rotatable bonds is 6. The molecule has 98 valence electrons. The first-order chi connectivity index (χ1) is 9.25. The molecule has 0 aliphatic rings. The van der Waals surface area contributed by atoms with E-state index < -0.39 is 0 Å². The van der Waals surface area contributed by atoms with Crippen molar-refractivity contribution in [2.45, 2.75) is 13.0 Å². The Morgan fingerprint density at radius 2 is 1.74 bits per heavy atom. The fourth-order valence-corrected chi connectivity index (χ4v) is 1.75. The third-order valence-corrected chi connectivity index (χ3v) is 2.82. The average molecular weight is 257 g/mol. The topological polar surface area (TPSA) is 68.1 Å². The maximum Gasteiger partial charge on any atom is 0.269 e. The van der Waals surface area contributed by atoms with Crippen LogP contribution in [0.5, 0.6) is 0 Å². The first-order valence-electron chi connectivity index (χ1n) is 6.08. The van der Waals surface area contributed by atoms with Crippen LogP contribution >= 0.6 is 0 Å². The maximum atomic E-state index is 10.5. The van der Waals surface area contributed by atoms with Gasteiger partial charge in [0.2, 0.25) is 0 Å². The van der Waals surface area contributed by atoms with Crippen LogP contribution in [0.25, 0.3) is 0 Å². The van der Waals surface area contributed by atoms with Crippen LogP contribution in [0.4, 0.5) is 5.69 Å². The molecule has 5 heteroatoms. The largest absolute Gasteiger partial charge is 0.312 e. The predicted molar refractivity (Wildman–Crippen MR) is 72.7 cm³/mol. The summed E-state index contributed by atoms with van der Waals surface area (Å²) < 4.78 is 0. The van der Waals surface area contributed by atoms with Crippen LogP contribution in [0, 0.1) is 10.1 Å². The van der Waals surface area contributed by atoms with Crippen LogP contribution in [0.1, 0.15) is 11.1 Å². The second-order valence-electron chi connectivity index (χ2n) is 4.21. The van der Waals surface area contributed by atoms with Crippen LogP contribution in [-0.2, 0) is 13.0 Å². The molecule has 0 spiro atoms. The molecule has 0 saturated heterocycles. The van der Waals surface area contributed by atoms with E-state index in [0.29, 0.717) is 0 Å². The van der Waals surface area contributed by atoms with Crippen molar-refractivity contribution in [1.29, 1.82) is 0 Å². The maximum absolute atomic E-state index is 10.5. The van der Waals surface area contributed by atoms with Crippen LogP contribution in [0.2, 0.25) is 0 Å². The van der Waals surface area contributed by atoms with Gasteiger partial charge < -0.3 is 5.32 Å². The highest BCUT2D eigenvalue weighted by Gasteiger charge is 2.03. The van der Waals surface area contributed by atoms with Crippen molar-refractivity contribution in [3.8, 4) is 0 Å². The smallest absolute Gasteiger partial charge is 0.269 e. The van der Waals surface area contributed by atoms with Gasteiger partial charge in [0.05, 0.1) is 4.92 Å². The van der Waals surface area contributed by atoms with E-state index in [2.05, 4.69) is 10.3 Å². The number of nitro benzene ring substituents is 1. The lowest BCUT2D eigenvalue weighted by molar-refractivity contribution is -0.384. The summed E-state index contributed by atoms with van der Waals surface area (Å²) in [4.78, 5) is 14.1. The molecular formula is C14H15N3O2. The number of nitrogens with zero attached hydrogens (tertiary/aromatic N) is 2. The van der Waals surface area contributed by atoms with Crippen molar-refractivity contribution >= 4 is 5.69 Å². The van der Waals surface area contributed by atoms with Crippen molar-refractivity contribution in [2.75, 3.05) is 6.54 Å². The Balaban J connectivity index is 1.75.